The van der Waals surface area contributed by atoms with E-state index < -0.39 is 5.82 Å². The zero-order chi connectivity index (χ0) is 14.1. The number of aromatic nitrogens is 2. The van der Waals surface area contributed by atoms with Gasteiger partial charge in [-0.2, -0.15) is 0 Å². The molecular weight excluding hydrogens is 279 g/mol. The van der Waals surface area contributed by atoms with Crippen molar-refractivity contribution >= 4 is 22.5 Å². The molecule has 0 bridgehead atoms. The van der Waals surface area contributed by atoms with Crippen LogP contribution in [0.3, 0.4) is 0 Å². The van der Waals surface area contributed by atoms with Gasteiger partial charge in [-0.05, 0) is 24.3 Å². The van der Waals surface area contributed by atoms with E-state index in [4.69, 9.17) is 11.6 Å². The van der Waals surface area contributed by atoms with Gasteiger partial charge in [0.15, 0.2) is 0 Å². The highest BCUT2D eigenvalue weighted by Crippen LogP contribution is 2.19. The molecule has 3 nitrogen and oxygen atoms in total. The summed E-state index contributed by atoms with van der Waals surface area (Å²) < 4.78 is 15.1. The van der Waals surface area contributed by atoms with Crippen molar-refractivity contribution in [2.75, 3.05) is 0 Å². The lowest BCUT2D eigenvalue weighted by Gasteiger charge is -2.09. The highest BCUT2D eigenvalue weighted by atomic mass is 35.5. The van der Waals surface area contributed by atoms with E-state index in [9.17, 15) is 9.18 Å². The highest BCUT2D eigenvalue weighted by molar-refractivity contribution is 6.31. The van der Waals surface area contributed by atoms with Crippen molar-refractivity contribution in [2.45, 2.75) is 6.54 Å². The van der Waals surface area contributed by atoms with Crippen molar-refractivity contribution in [1.29, 1.82) is 0 Å². The van der Waals surface area contributed by atoms with Crippen molar-refractivity contribution in [2.24, 2.45) is 0 Å². The Labute approximate surface area is 119 Å². The molecule has 0 aliphatic carbocycles. The average Bonchev–Trinajstić information content (AvgIpc) is 2.45. The molecule has 0 aliphatic rings. The molecule has 5 heteroatoms. The fourth-order valence-corrected chi connectivity index (χ4v) is 2.30. The van der Waals surface area contributed by atoms with Crippen LogP contribution in [0.2, 0.25) is 5.02 Å². The maximum absolute atomic E-state index is 13.8. The third-order valence-electron chi connectivity index (χ3n) is 3.12. The first kappa shape index (κ1) is 12.8. The third kappa shape index (κ3) is 2.18. The van der Waals surface area contributed by atoms with Crippen LogP contribution in [-0.4, -0.2) is 9.55 Å². The number of para-hydroxylation sites is 1. The Morgan fingerprint density at radius 3 is 2.75 bits per heavy atom. The summed E-state index contributed by atoms with van der Waals surface area (Å²) in [6.07, 6.45) is 1.41. The lowest BCUT2D eigenvalue weighted by Crippen LogP contribution is -2.21. The molecule has 0 amide bonds. The van der Waals surface area contributed by atoms with E-state index in [2.05, 4.69) is 4.98 Å². The second kappa shape index (κ2) is 5.06. The molecule has 0 radical (unpaired) electrons. The predicted molar refractivity (Wildman–Crippen MR) is 76.5 cm³/mol. The van der Waals surface area contributed by atoms with Crippen molar-refractivity contribution in [3.8, 4) is 0 Å². The molecule has 100 valence electrons. The zero-order valence-corrected chi connectivity index (χ0v) is 11.1. The molecule has 0 N–H and O–H groups in total. The van der Waals surface area contributed by atoms with Gasteiger partial charge >= 0.3 is 0 Å². The zero-order valence-electron chi connectivity index (χ0n) is 10.4. The molecule has 0 aliphatic heterocycles. The van der Waals surface area contributed by atoms with Gasteiger partial charge in [0.1, 0.15) is 5.82 Å². The summed E-state index contributed by atoms with van der Waals surface area (Å²) in [5.74, 6) is -0.433. The fourth-order valence-electron chi connectivity index (χ4n) is 2.07. The smallest absolute Gasteiger partial charge is 0.261 e. The van der Waals surface area contributed by atoms with Gasteiger partial charge in [-0.1, -0.05) is 29.8 Å². The first-order valence-electron chi connectivity index (χ1n) is 6.04. The fraction of sp³-hybridized carbons (Fsp3) is 0.0667. The monoisotopic (exact) mass is 288 g/mol. The molecule has 1 heterocycles. The van der Waals surface area contributed by atoms with Crippen LogP contribution in [0.5, 0.6) is 0 Å². The van der Waals surface area contributed by atoms with Crippen molar-refractivity contribution in [1.82, 2.24) is 9.55 Å². The summed E-state index contributed by atoms with van der Waals surface area (Å²) in [6, 6.07) is 11.5. The topological polar surface area (TPSA) is 34.9 Å². The largest absolute Gasteiger partial charge is 0.294 e. The lowest BCUT2D eigenvalue weighted by atomic mass is 10.2. The Hall–Kier alpha value is -2.20. The molecule has 0 fully saturated rings. The molecule has 0 unspecified atom stereocenters. The second-order valence-corrected chi connectivity index (χ2v) is 4.80. The quantitative estimate of drug-likeness (QED) is 0.725. The number of fused-ring (bicyclic) bond motifs is 1. The van der Waals surface area contributed by atoms with E-state index in [-0.39, 0.29) is 17.7 Å². The summed E-state index contributed by atoms with van der Waals surface area (Å²) in [6.45, 7) is 0.0577. The molecular formula is C15H10ClFN2O. The first-order chi connectivity index (χ1) is 9.66. The van der Waals surface area contributed by atoms with E-state index in [1.807, 2.05) is 6.07 Å². The van der Waals surface area contributed by atoms with Gasteiger partial charge in [0, 0.05) is 10.6 Å². The summed E-state index contributed by atoms with van der Waals surface area (Å²) in [5, 5.41) is 0.799. The number of hydrogen-bond donors (Lipinski definition) is 0. The Bertz CT molecular complexity index is 824. The van der Waals surface area contributed by atoms with Gasteiger partial charge in [-0.15, -0.1) is 0 Å². The number of nitrogens with zero attached hydrogens (tertiary/aromatic N) is 2. The third-order valence-corrected chi connectivity index (χ3v) is 3.48. The Morgan fingerprint density at radius 2 is 1.95 bits per heavy atom. The minimum Gasteiger partial charge on any atom is -0.294 e. The molecule has 2 aromatic carbocycles. The molecule has 3 aromatic rings. The van der Waals surface area contributed by atoms with Crippen molar-refractivity contribution in [3.63, 3.8) is 0 Å². The maximum atomic E-state index is 13.8. The van der Waals surface area contributed by atoms with Crippen LogP contribution in [0.15, 0.2) is 53.6 Å². The number of hydrogen-bond acceptors (Lipinski definition) is 2. The molecule has 20 heavy (non-hydrogen) atoms. The van der Waals surface area contributed by atoms with Crippen molar-refractivity contribution < 1.29 is 4.39 Å². The van der Waals surface area contributed by atoms with Gasteiger partial charge in [0.2, 0.25) is 0 Å². The SMILES string of the molecule is O=c1c2ccccc2ncn1Cc1c(F)cccc1Cl. The Kier molecular flexibility index (Phi) is 3.24. The predicted octanol–water partition coefficient (Wildman–Crippen LogP) is 3.24. The Balaban J connectivity index is 2.12. The highest BCUT2D eigenvalue weighted by Gasteiger charge is 2.10. The minimum absolute atomic E-state index is 0.0577. The van der Waals surface area contributed by atoms with Crippen LogP contribution in [0.25, 0.3) is 10.9 Å². The number of halogens is 2. The standard InChI is InChI=1S/C15H10ClFN2O/c16-12-5-3-6-13(17)11(12)8-19-9-18-14-7-2-1-4-10(14)15(19)20/h1-7,9H,8H2. The van der Waals surface area contributed by atoms with Crippen LogP contribution in [0.4, 0.5) is 4.39 Å². The minimum atomic E-state index is -0.433. The summed E-state index contributed by atoms with van der Waals surface area (Å²) in [5.41, 5.74) is 0.691. The summed E-state index contributed by atoms with van der Waals surface area (Å²) >= 11 is 5.97. The van der Waals surface area contributed by atoms with E-state index >= 15 is 0 Å². The van der Waals surface area contributed by atoms with Crippen LogP contribution < -0.4 is 5.56 Å². The average molecular weight is 289 g/mol. The second-order valence-electron chi connectivity index (χ2n) is 4.39. The van der Waals surface area contributed by atoms with Crippen LogP contribution in [-0.2, 0) is 6.54 Å². The molecule has 0 saturated carbocycles. The number of rotatable bonds is 2. The van der Waals surface area contributed by atoms with Crippen LogP contribution >= 0.6 is 11.6 Å². The summed E-state index contributed by atoms with van der Waals surface area (Å²) in [4.78, 5) is 16.5. The van der Waals surface area contributed by atoms with E-state index in [1.165, 1.54) is 23.0 Å². The summed E-state index contributed by atoms with van der Waals surface area (Å²) in [7, 11) is 0. The molecule has 1 aromatic heterocycles. The van der Waals surface area contributed by atoms with E-state index in [0.29, 0.717) is 15.9 Å². The first-order valence-corrected chi connectivity index (χ1v) is 6.41. The van der Waals surface area contributed by atoms with Gasteiger partial charge in [0.25, 0.3) is 5.56 Å². The van der Waals surface area contributed by atoms with Crippen LogP contribution in [0, 0.1) is 5.82 Å². The van der Waals surface area contributed by atoms with E-state index in [1.54, 1.807) is 24.3 Å². The maximum Gasteiger partial charge on any atom is 0.261 e. The molecule has 0 saturated heterocycles. The van der Waals surface area contributed by atoms with E-state index in [0.717, 1.165) is 0 Å². The molecule has 0 atom stereocenters. The molecule has 3 rings (SSSR count). The molecule has 0 spiro atoms. The Morgan fingerprint density at radius 1 is 1.15 bits per heavy atom. The van der Waals surface area contributed by atoms with Gasteiger partial charge in [0.05, 0.1) is 23.8 Å². The van der Waals surface area contributed by atoms with Gasteiger partial charge in [-0.25, -0.2) is 9.37 Å². The number of benzene rings is 2. The lowest BCUT2D eigenvalue weighted by molar-refractivity contribution is 0.595. The van der Waals surface area contributed by atoms with Crippen molar-refractivity contribution in [3.05, 3.63) is 75.5 Å². The normalized spacial score (nSPS) is 10.9. The van der Waals surface area contributed by atoms with Crippen LogP contribution in [0.1, 0.15) is 5.56 Å². The van der Waals surface area contributed by atoms with Gasteiger partial charge < -0.3 is 0 Å². The van der Waals surface area contributed by atoms with Gasteiger partial charge in [-0.3, -0.25) is 9.36 Å².